The zero-order valence-electron chi connectivity index (χ0n) is 10.6. The lowest BCUT2D eigenvalue weighted by molar-refractivity contribution is -0.142. The first-order valence-corrected chi connectivity index (χ1v) is 5.64. The number of rotatable bonds is 3. The van der Waals surface area contributed by atoms with Crippen LogP contribution >= 0.6 is 0 Å². The predicted molar refractivity (Wildman–Crippen MR) is 69.0 cm³/mol. The van der Waals surface area contributed by atoms with Crippen LogP contribution in [0.2, 0.25) is 0 Å². The van der Waals surface area contributed by atoms with E-state index < -0.39 is 11.4 Å². The Balaban J connectivity index is 2.79. The number of carboxylic acids is 1. The van der Waals surface area contributed by atoms with E-state index in [4.69, 9.17) is 4.74 Å². The highest BCUT2D eigenvalue weighted by Crippen LogP contribution is 2.31. The van der Waals surface area contributed by atoms with Crippen molar-refractivity contribution >= 4 is 16.7 Å². The van der Waals surface area contributed by atoms with Crippen LogP contribution in [0, 0.1) is 0 Å². The summed E-state index contributed by atoms with van der Waals surface area (Å²) in [6.45, 7) is 3.28. The third-order valence-corrected chi connectivity index (χ3v) is 3.05. The van der Waals surface area contributed by atoms with Gasteiger partial charge in [-0.15, -0.1) is 0 Å². The van der Waals surface area contributed by atoms with Gasteiger partial charge in [0, 0.05) is 11.5 Å². The summed E-state index contributed by atoms with van der Waals surface area (Å²) in [6.07, 6.45) is 0. The lowest BCUT2D eigenvalue weighted by atomic mass is 9.86. The number of aliphatic carboxylic acids is 1. The SMILES string of the molecule is COc1cc2ccccc2c(C(C)(C)C(=O)O)n1. The standard InChI is InChI=1S/C14H15NO3/c1-14(2,13(16)17)12-10-7-5-4-6-9(10)8-11(15-12)18-3/h4-8H,1-3H3,(H,16,17). The lowest BCUT2D eigenvalue weighted by Crippen LogP contribution is -2.30. The summed E-state index contributed by atoms with van der Waals surface area (Å²) >= 11 is 0. The smallest absolute Gasteiger partial charge is 0.315 e. The van der Waals surface area contributed by atoms with Gasteiger partial charge < -0.3 is 9.84 Å². The second-order valence-electron chi connectivity index (χ2n) is 4.66. The number of hydrogen-bond acceptors (Lipinski definition) is 3. The summed E-state index contributed by atoms with van der Waals surface area (Å²) in [6, 6.07) is 9.37. The summed E-state index contributed by atoms with van der Waals surface area (Å²) in [4.78, 5) is 15.7. The third-order valence-electron chi connectivity index (χ3n) is 3.05. The number of aromatic nitrogens is 1. The van der Waals surface area contributed by atoms with Crippen LogP contribution in [0.5, 0.6) is 5.88 Å². The maximum Gasteiger partial charge on any atom is 0.315 e. The Morgan fingerprint density at radius 1 is 1.33 bits per heavy atom. The van der Waals surface area contributed by atoms with Gasteiger partial charge in [0.2, 0.25) is 5.88 Å². The van der Waals surface area contributed by atoms with E-state index in [0.29, 0.717) is 11.6 Å². The molecule has 0 aliphatic heterocycles. The predicted octanol–water partition coefficient (Wildman–Crippen LogP) is 2.61. The summed E-state index contributed by atoms with van der Waals surface area (Å²) in [5.41, 5.74) is -0.543. The van der Waals surface area contributed by atoms with Crippen molar-refractivity contribution in [3.8, 4) is 5.88 Å². The minimum Gasteiger partial charge on any atom is -0.481 e. The Morgan fingerprint density at radius 3 is 2.61 bits per heavy atom. The number of carbonyl (C=O) groups is 1. The highest BCUT2D eigenvalue weighted by molar-refractivity contribution is 5.91. The van der Waals surface area contributed by atoms with E-state index in [-0.39, 0.29) is 0 Å². The molecule has 1 heterocycles. The van der Waals surface area contributed by atoms with Gasteiger partial charge in [0.25, 0.3) is 0 Å². The van der Waals surface area contributed by atoms with E-state index in [1.807, 2.05) is 24.3 Å². The molecule has 2 rings (SSSR count). The largest absolute Gasteiger partial charge is 0.481 e. The van der Waals surface area contributed by atoms with Gasteiger partial charge in [-0.25, -0.2) is 4.98 Å². The van der Waals surface area contributed by atoms with Crippen LogP contribution in [0.15, 0.2) is 30.3 Å². The molecule has 0 fully saturated rings. The monoisotopic (exact) mass is 245 g/mol. The van der Waals surface area contributed by atoms with Crippen LogP contribution in [-0.4, -0.2) is 23.2 Å². The Labute approximate surface area is 105 Å². The van der Waals surface area contributed by atoms with E-state index in [9.17, 15) is 9.90 Å². The number of fused-ring (bicyclic) bond motifs is 1. The number of carboxylic acid groups (broad SMARTS) is 1. The van der Waals surface area contributed by atoms with E-state index >= 15 is 0 Å². The van der Waals surface area contributed by atoms with Crippen LogP contribution < -0.4 is 4.74 Å². The van der Waals surface area contributed by atoms with Crippen molar-refractivity contribution in [3.63, 3.8) is 0 Å². The van der Waals surface area contributed by atoms with E-state index in [1.165, 1.54) is 7.11 Å². The summed E-state index contributed by atoms with van der Waals surface area (Å²) in [5, 5.41) is 11.1. The molecule has 0 aliphatic carbocycles. The molecule has 0 saturated carbocycles. The maximum atomic E-state index is 11.4. The highest BCUT2D eigenvalue weighted by atomic mass is 16.5. The lowest BCUT2D eigenvalue weighted by Gasteiger charge is -2.21. The number of hydrogen-bond donors (Lipinski definition) is 1. The van der Waals surface area contributed by atoms with Gasteiger partial charge in [-0.2, -0.15) is 0 Å². The molecule has 1 aromatic heterocycles. The van der Waals surface area contributed by atoms with Crippen molar-refractivity contribution < 1.29 is 14.6 Å². The first-order valence-electron chi connectivity index (χ1n) is 5.64. The van der Waals surface area contributed by atoms with Gasteiger partial charge in [-0.05, 0) is 19.2 Å². The van der Waals surface area contributed by atoms with Crippen LogP contribution in [0.3, 0.4) is 0 Å². The first kappa shape index (κ1) is 12.4. The molecule has 0 radical (unpaired) electrons. The zero-order valence-corrected chi connectivity index (χ0v) is 10.6. The molecule has 0 saturated heterocycles. The van der Waals surface area contributed by atoms with Crippen molar-refractivity contribution in [2.45, 2.75) is 19.3 Å². The van der Waals surface area contributed by atoms with Crippen molar-refractivity contribution in [1.29, 1.82) is 0 Å². The Bertz CT molecular complexity index is 605. The molecular weight excluding hydrogens is 230 g/mol. The normalized spacial score (nSPS) is 11.5. The fraction of sp³-hybridized carbons (Fsp3) is 0.286. The number of pyridine rings is 1. The van der Waals surface area contributed by atoms with Crippen molar-refractivity contribution in [1.82, 2.24) is 4.98 Å². The van der Waals surface area contributed by atoms with Gasteiger partial charge in [-0.3, -0.25) is 4.79 Å². The molecule has 18 heavy (non-hydrogen) atoms. The second-order valence-corrected chi connectivity index (χ2v) is 4.66. The van der Waals surface area contributed by atoms with E-state index in [2.05, 4.69) is 4.98 Å². The molecule has 1 aromatic carbocycles. The van der Waals surface area contributed by atoms with E-state index in [1.54, 1.807) is 19.9 Å². The molecule has 1 N–H and O–H groups in total. The zero-order chi connectivity index (χ0) is 13.3. The molecule has 4 heteroatoms. The van der Waals surface area contributed by atoms with E-state index in [0.717, 1.165) is 10.8 Å². The highest BCUT2D eigenvalue weighted by Gasteiger charge is 2.33. The minimum absolute atomic E-state index is 0.429. The average molecular weight is 245 g/mol. The molecule has 0 aliphatic rings. The number of nitrogens with zero attached hydrogens (tertiary/aromatic N) is 1. The van der Waals surface area contributed by atoms with Gasteiger partial charge >= 0.3 is 5.97 Å². The Hall–Kier alpha value is -2.10. The number of ether oxygens (including phenoxy) is 1. The van der Waals surface area contributed by atoms with Crippen LogP contribution in [0.4, 0.5) is 0 Å². The molecule has 0 bridgehead atoms. The molecule has 4 nitrogen and oxygen atoms in total. The molecule has 0 unspecified atom stereocenters. The van der Waals surface area contributed by atoms with Gasteiger partial charge in [-0.1, -0.05) is 24.3 Å². The summed E-state index contributed by atoms with van der Waals surface area (Å²) in [7, 11) is 1.52. The number of methoxy groups -OCH3 is 1. The minimum atomic E-state index is -1.06. The van der Waals surface area contributed by atoms with Crippen molar-refractivity contribution in [2.75, 3.05) is 7.11 Å². The fourth-order valence-electron chi connectivity index (χ4n) is 1.86. The number of benzene rings is 1. The molecule has 2 aromatic rings. The molecule has 94 valence electrons. The fourth-order valence-corrected chi connectivity index (χ4v) is 1.86. The van der Waals surface area contributed by atoms with Crippen molar-refractivity contribution in [2.24, 2.45) is 0 Å². The third kappa shape index (κ3) is 1.90. The van der Waals surface area contributed by atoms with Gasteiger partial charge in [0.05, 0.1) is 12.8 Å². The molecular formula is C14H15NO3. The Morgan fingerprint density at radius 2 is 2.00 bits per heavy atom. The van der Waals surface area contributed by atoms with Crippen LogP contribution in [-0.2, 0) is 10.2 Å². The topological polar surface area (TPSA) is 59.4 Å². The summed E-state index contributed by atoms with van der Waals surface area (Å²) < 4.78 is 5.13. The Kier molecular flexibility index (Phi) is 2.95. The molecule has 0 amide bonds. The van der Waals surface area contributed by atoms with Gasteiger partial charge in [0.1, 0.15) is 5.41 Å². The first-order chi connectivity index (χ1) is 8.46. The maximum absolute atomic E-state index is 11.4. The van der Waals surface area contributed by atoms with Crippen LogP contribution in [0.25, 0.3) is 10.8 Å². The van der Waals surface area contributed by atoms with Gasteiger partial charge in [0.15, 0.2) is 0 Å². The average Bonchev–Trinajstić information content (AvgIpc) is 2.37. The molecule has 0 spiro atoms. The van der Waals surface area contributed by atoms with Crippen LogP contribution in [0.1, 0.15) is 19.5 Å². The quantitative estimate of drug-likeness (QED) is 0.903. The van der Waals surface area contributed by atoms with Crippen molar-refractivity contribution in [3.05, 3.63) is 36.0 Å². The second kappa shape index (κ2) is 4.29. The summed E-state index contributed by atoms with van der Waals surface area (Å²) in [5.74, 6) is -0.480. The molecule has 0 atom stereocenters.